The second-order valence-electron chi connectivity index (χ2n) is 11.0. The molecule has 21 nitrogen and oxygen atoms in total. The quantitative estimate of drug-likeness (QED) is 0.0546. The molecule has 0 aliphatic carbocycles. The summed E-state index contributed by atoms with van der Waals surface area (Å²) in [5.74, 6) is -1.16. The number of sulfone groups is 2. The fourth-order valence-electron chi connectivity index (χ4n) is 4.33. The summed E-state index contributed by atoms with van der Waals surface area (Å²) in [7, 11) is -16.6. The average molecular weight is 858 g/mol. The zero-order valence-electron chi connectivity index (χ0n) is 28.4. The first-order valence-corrected chi connectivity index (χ1v) is 21.8. The molecule has 0 saturated heterocycles. The Balaban J connectivity index is 1.71. The summed E-state index contributed by atoms with van der Waals surface area (Å²) >= 11 is 6.08. The molecule has 0 amide bonds. The van der Waals surface area contributed by atoms with Gasteiger partial charge in [0.2, 0.25) is 17.2 Å². The lowest BCUT2D eigenvalue weighted by atomic mass is 10.2. The Hall–Kier alpha value is -5.31. The van der Waals surface area contributed by atoms with Crippen molar-refractivity contribution in [2.24, 2.45) is 10.2 Å². The maximum Gasteiger partial charge on any atom is 0.296 e. The first kappa shape index (κ1) is 42.4. The van der Waals surface area contributed by atoms with Gasteiger partial charge in [0.1, 0.15) is 16.3 Å². The molecule has 0 spiro atoms. The summed E-state index contributed by atoms with van der Waals surface area (Å²) in [5.41, 5.74) is 6.27. The van der Waals surface area contributed by atoms with Crippen LogP contribution in [-0.2, 0) is 39.9 Å². The predicted molar refractivity (Wildman–Crippen MR) is 206 cm³/mol. The molecule has 294 valence electrons. The lowest BCUT2D eigenvalue weighted by Gasteiger charge is -2.16. The van der Waals surface area contributed by atoms with E-state index < -0.39 is 61.1 Å². The van der Waals surface area contributed by atoms with Crippen molar-refractivity contribution in [1.29, 1.82) is 0 Å². The summed E-state index contributed by atoms with van der Waals surface area (Å²) < 4.78 is 115. The van der Waals surface area contributed by atoms with Crippen molar-refractivity contribution in [1.82, 2.24) is 19.9 Å². The van der Waals surface area contributed by atoms with E-state index in [0.29, 0.717) is 0 Å². The van der Waals surface area contributed by atoms with Gasteiger partial charge in [-0.1, -0.05) is 19.2 Å². The van der Waals surface area contributed by atoms with E-state index in [1.807, 2.05) is 0 Å². The molecule has 55 heavy (non-hydrogen) atoms. The Bertz CT molecular complexity index is 2630. The van der Waals surface area contributed by atoms with Crippen LogP contribution < -0.4 is 27.0 Å². The summed E-state index contributed by atoms with van der Waals surface area (Å²) in [6, 6.07) is 8.46. The maximum atomic E-state index is 12.3. The molecule has 0 radical (unpaired) electrons. The monoisotopic (exact) mass is 857 g/mol. The Morgan fingerprint density at radius 2 is 1.33 bits per heavy atom. The third-order valence-electron chi connectivity index (χ3n) is 7.08. The van der Waals surface area contributed by atoms with Crippen molar-refractivity contribution in [3.63, 3.8) is 0 Å². The van der Waals surface area contributed by atoms with Crippen molar-refractivity contribution >= 4 is 103 Å². The fourth-order valence-corrected chi connectivity index (χ4v) is 6.72. The Morgan fingerprint density at radius 1 is 0.764 bits per heavy atom. The van der Waals surface area contributed by atoms with Crippen LogP contribution in [-0.4, -0.2) is 87.3 Å². The smallest absolute Gasteiger partial charge is 0.296 e. The SMILES string of the molecule is C=CS(=O)(=O)CCNc1nc(NCCS(=O)(=O)C=C)c(N=Nc2cc(Nc3nc(Cl)nc(Nc4cccc(S(=O)(=O)O)c4)n3)ccc2S(=O)(=O)O)c(C)c1N. The highest BCUT2D eigenvalue weighted by atomic mass is 35.5. The first-order valence-electron chi connectivity index (χ1n) is 15.2. The number of nitrogens with one attached hydrogen (secondary N) is 4. The molecule has 0 fully saturated rings. The number of rotatable bonds is 18. The van der Waals surface area contributed by atoms with Crippen LogP contribution in [0.5, 0.6) is 0 Å². The Kier molecular flexibility index (Phi) is 13.1. The van der Waals surface area contributed by atoms with Crippen LogP contribution in [0.1, 0.15) is 5.56 Å². The van der Waals surface area contributed by atoms with Gasteiger partial charge in [0.15, 0.2) is 31.3 Å². The zero-order valence-corrected chi connectivity index (χ0v) is 32.4. The number of nitrogens with two attached hydrogens (primary N) is 1. The predicted octanol–water partition coefficient (Wildman–Crippen LogP) is 4.15. The van der Waals surface area contributed by atoms with E-state index in [-0.39, 0.29) is 76.0 Å². The molecule has 0 aliphatic heterocycles. The topological polar surface area (TPSA) is 327 Å². The molecular formula is C29H32ClN11O10S4. The van der Waals surface area contributed by atoms with Gasteiger partial charge >= 0.3 is 0 Å². The number of halogens is 1. The summed E-state index contributed by atoms with van der Waals surface area (Å²) in [6.07, 6.45) is 0. The molecule has 0 unspecified atom stereocenters. The van der Waals surface area contributed by atoms with Crippen molar-refractivity contribution in [3.05, 3.63) is 77.3 Å². The highest BCUT2D eigenvalue weighted by Crippen LogP contribution is 2.38. The van der Waals surface area contributed by atoms with Crippen molar-refractivity contribution in [3.8, 4) is 0 Å². The van der Waals surface area contributed by atoms with E-state index in [2.05, 4.69) is 64.6 Å². The second-order valence-corrected chi connectivity index (χ2v) is 18.3. The first-order chi connectivity index (χ1) is 25.6. The molecule has 4 aromatic rings. The number of aromatic nitrogens is 4. The van der Waals surface area contributed by atoms with Gasteiger partial charge in [-0.15, -0.1) is 10.2 Å². The lowest BCUT2D eigenvalue weighted by molar-refractivity contribution is 0.481. The standard InChI is InChI=1S/C29H32ClN11O10S4/c1-4-52(42,43)13-11-32-25-23(31)17(3)24(26(36-25)33-12-14-53(44,45)5-2)41-40-21-16-19(9-10-22(21)55(49,50)51)35-29-38-27(30)37-28(39-29)34-18-7-6-8-20(15-18)54(46,47)48/h4-10,15-16H,1-2,11-14,31H2,3H3,(H2,32,33,36)(H,46,47,48)(H,49,50,51)(H2,34,35,37,38,39). The summed E-state index contributed by atoms with van der Waals surface area (Å²) in [4.78, 5) is 15.3. The molecule has 0 aliphatic rings. The van der Waals surface area contributed by atoms with E-state index in [9.17, 15) is 42.8 Å². The number of benzene rings is 2. The second kappa shape index (κ2) is 17.0. The molecule has 2 heterocycles. The van der Waals surface area contributed by atoms with Crippen LogP contribution in [0.25, 0.3) is 0 Å². The number of azo groups is 1. The van der Waals surface area contributed by atoms with Crippen LogP contribution >= 0.6 is 11.6 Å². The van der Waals surface area contributed by atoms with Gasteiger partial charge in [-0.2, -0.15) is 31.8 Å². The van der Waals surface area contributed by atoms with E-state index in [4.69, 9.17) is 17.3 Å². The van der Waals surface area contributed by atoms with Crippen molar-refractivity contribution < 1.29 is 42.8 Å². The van der Waals surface area contributed by atoms with Crippen molar-refractivity contribution in [2.75, 3.05) is 51.6 Å². The van der Waals surface area contributed by atoms with E-state index in [0.717, 1.165) is 35.1 Å². The highest BCUT2D eigenvalue weighted by molar-refractivity contribution is 7.94. The van der Waals surface area contributed by atoms with E-state index in [1.54, 1.807) is 0 Å². The molecule has 4 rings (SSSR count). The third kappa shape index (κ3) is 11.8. The van der Waals surface area contributed by atoms with Crippen LogP contribution in [0.15, 0.2) is 86.5 Å². The van der Waals surface area contributed by atoms with Crippen LogP contribution in [0.3, 0.4) is 0 Å². The third-order valence-corrected chi connectivity index (χ3v) is 11.6. The average Bonchev–Trinajstić information content (AvgIpc) is 3.09. The maximum absolute atomic E-state index is 12.3. The van der Waals surface area contributed by atoms with Crippen LogP contribution in [0, 0.1) is 6.92 Å². The zero-order chi connectivity index (χ0) is 40.8. The van der Waals surface area contributed by atoms with Gasteiger partial charge in [-0.3, -0.25) is 9.11 Å². The number of anilines is 7. The van der Waals surface area contributed by atoms with Gasteiger partial charge < -0.3 is 27.0 Å². The van der Waals surface area contributed by atoms with Gasteiger partial charge in [-0.05, 0) is 54.9 Å². The molecule has 2 aromatic heterocycles. The highest BCUT2D eigenvalue weighted by Gasteiger charge is 2.20. The molecule has 8 N–H and O–H groups in total. The summed E-state index contributed by atoms with van der Waals surface area (Å²) in [5, 5.41) is 20.5. The summed E-state index contributed by atoms with van der Waals surface area (Å²) in [6.45, 7) is 7.69. The number of nitrogen functional groups attached to an aromatic ring is 1. The number of nitrogens with zero attached hydrogens (tertiary/aromatic N) is 6. The van der Waals surface area contributed by atoms with Gasteiger partial charge in [0.05, 0.1) is 22.1 Å². The van der Waals surface area contributed by atoms with Gasteiger partial charge in [0.25, 0.3) is 20.2 Å². The normalized spacial score (nSPS) is 12.3. The number of pyridine rings is 1. The van der Waals surface area contributed by atoms with Gasteiger partial charge in [-0.25, -0.2) is 21.8 Å². The molecular weight excluding hydrogens is 826 g/mol. The molecule has 26 heteroatoms. The molecule has 2 aromatic carbocycles. The van der Waals surface area contributed by atoms with E-state index >= 15 is 0 Å². The fraction of sp³-hybridized carbons (Fsp3) is 0.172. The number of hydrogen-bond donors (Lipinski definition) is 7. The number of hydrogen-bond acceptors (Lipinski definition) is 19. The molecule has 0 saturated carbocycles. The van der Waals surface area contributed by atoms with Gasteiger partial charge in [0, 0.05) is 40.8 Å². The van der Waals surface area contributed by atoms with Crippen LogP contribution in [0.2, 0.25) is 5.28 Å². The molecule has 0 bridgehead atoms. The lowest BCUT2D eigenvalue weighted by Crippen LogP contribution is -2.18. The minimum absolute atomic E-state index is 0.000439. The molecule has 0 atom stereocenters. The van der Waals surface area contributed by atoms with E-state index in [1.165, 1.54) is 25.1 Å². The Labute approximate surface area is 320 Å². The minimum atomic E-state index is -4.90. The largest absolute Gasteiger partial charge is 0.395 e. The Morgan fingerprint density at radius 3 is 1.87 bits per heavy atom. The van der Waals surface area contributed by atoms with Crippen LogP contribution in [0.4, 0.5) is 52.0 Å². The van der Waals surface area contributed by atoms with Crippen molar-refractivity contribution in [2.45, 2.75) is 16.7 Å². The minimum Gasteiger partial charge on any atom is -0.395 e.